The second kappa shape index (κ2) is 4.71. The minimum atomic E-state index is -0.377. The number of hydrogen-bond donors (Lipinski definition) is 2. The van der Waals surface area contributed by atoms with E-state index in [0.717, 1.165) is 11.3 Å². The first-order chi connectivity index (χ1) is 8.11. The maximum Gasteiger partial charge on any atom is 0.269 e. The van der Waals surface area contributed by atoms with Gasteiger partial charge in [0.25, 0.3) is 5.69 Å². The highest BCUT2D eigenvalue weighted by atomic mass is 16.6. The highest BCUT2D eigenvalue weighted by Gasteiger charge is 2.30. The average molecular weight is 235 g/mol. The summed E-state index contributed by atoms with van der Waals surface area (Å²) in [5.41, 5.74) is 7.68. The van der Waals surface area contributed by atoms with Crippen molar-refractivity contribution >= 4 is 11.4 Å². The normalized spacial score (nSPS) is 16.6. The van der Waals surface area contributed by atoms with Crippen LogP contribution < -0.4 is 11.1 Å². The monoisotopic (exact) mass is 235 g/mol. The van der Waals surface area contributed by atoms with E-state index in [1.807, 2.05) is 6.92 Å². The summed E-state index contributed by atoms with van der Waals surface area (Å²) in [6, 6.07) is 5.16. The van der Waals surface area contributed by atoms with Crippen LogP contribution in [-0.4, -0.2) is 17.5 Å². The van der Waals surface area contributed by atoms with Crippen molar-refractivity contribution < 1.29 is 4.92 Å². The van der Waals surface area contributed by atoms with Gasteiger partial charge in [0, 0.05) is 30.4 Å². The molecule has 5 heteroatoms. The number of non-ortho nitro benzene ring substituents is 1. The minimum Gasteiger partial charge on any atom is -0.381 e. The molecule has 1 aromatic rings. The van der Waals surface area contributed by atoms with Gasteiger partial charge in [-0.3, -0.25) is 10.1 Å². The van der Waals surface area contributed by atoms with E-state index in [9.17, 15) is 10.1 Å². The van der Waals surface area contributed by atoms with E-state index in [1.54, 1.807) is 12.1 Å². The fraction of sp³-hybridized carbons (Fsp3) is 0.500. The number of nitro benzene ring substituents is 1. The number of nitrogens with zero attached hydrogens (tertiary/aromatic N) is 1. The van der Waals surface area contributed by atoms with Crippen LogP contribution in [0.2, 0.25) is 0 Å². The smallest absolute Gasteiger partial charge is 0.269 e. The third-order valence-corrected chi connectivity index (χ3v) is 3.21. The number of rotatable bonds is 5. The number of nitrogens with two attached hydrogens (primary N) is 1. The van der Waals surface area contributed by atoms with Crippen LogP contribution in [0, 0.1) is 23.0 Å². The van der Waals surface area contributed by atoms with Gasteiger partial charge in [-0.15, -0.1) is 0 Å². The van der Waals surface area contributed by atoms with E-state index in [1.165, 1.54) is 18.9 Å². The predicted molar refractivity (Wildman–Crippen MR) is 67.0 cm³/mol. The Morgan fingerprint density at radius 1 is 1.59 bits per heavy atom. The molecule has 1 saturated carbocycles. The quantitative estimate of drug-likeness (QED) is 0.604. The van der Waals surface area contributed by atoms with Crippen LogP contribution in [0.3, 0.4) is 0 Å². The number of anilines is 1. The Morgan fingerprint density at radius 3 is 2.76 bits per heavy atom. The number of benzene rings is 1. The van der Waals surface area contributed by atoms with E-state index < -0.39 is 0 Å². The molecule has 1 fully saturated rings. The Labute approximate surface area is 100 Å². The molecule has 0 saturated heterocycles. The summed E-state index contributed by atoms with van der Waals surface area (Å²) < 4.78 is 0. The molecule has 1 aliphatic carbocycles. The molecule has 2 rings (SSSR count). The zero-order valence-electron chi connectivity index (χ0n) is 9.85. The SMILES string of the molecule is Cc1cc([N+](=O)[O-])ccc1NC(CN)C1CC1. The Balaban J connectivity index is 2.12. The zero-order valence-corrected chi connectivity index (χ0v) is 9.85. The van der Waals surface area contributed by atoms with Gasteiger partial charge in [-0.05, 0) is 37.3 Å². The van der Waals surface area contributed by atoms with Gasteiger partial charge < -0.3 is 11.1 Å². The van der Waals surface area contributed by atoms with Crippen LogP contribution in [0.15, 0.2) is 18.2 Å². The summed E-state index contributed by atoms with van der Waals surface area (Å²) in [4.78, 5) is 10.2. The average Bonchev–Trinajstić information content (AvgIpc) is 3.11. The fourth-order valence-corrected chi connectivity index (χ4v) is 1.99. The molecular weight excluding hydrogens is 218 g/mol. The first-order valence-corrected chi connectivity index (χ1v) is 5.83. The Hall–Kier alpha value is -1.62. The molecular formula is C12H17N3O2. The van der Waals surface area contributed by atoms with Crippen LogP contribution in [0.25, 0.3) is 0 Å². The summed E-state index contributed by atoms with van der Waals surface area (Å²) in [6.07, 6.45) is 2.45. The summed E-state index contributed by atoms with van der Waals surface area (Å²) in [6.45, 7) is 2.47. The number of nitrogens with one attached hydrogen (secondary N) is 1. The fourth-order valence-electron chi connectivity index (χ4n) is 1.99. The summed E-state index contributed by atoms with van der Waals surface area (Å²) in [5.74, 6) is 0.662. The van der Waals surface area contributed by atoms with Crippen molar-refractivity contribution in [3.05, 3.63) is 33.9 Å². The van der Waals surface area contributed by atoms with Crippen molar-refractivity contribution in [2.24, 2.45) is 11.7 Å². The molecule has 0 bridgehead atoms. The van der Waals surface area contributed by atoms with Gasteiger partial charge in [0.1, 0.15) is 0 Å². The molecule has 0 amide bonds. The third-order valence-electron chi connectivity index (χ3n) is 3.21. The molecule has 1 aromatic carbocycles. The van der Waals surface area contributed by atoms with Gasteiger partial charge in [-0.1, -0.05) is 0 Å². The topological polar surface area (TPSA) is 81.2 Å². The summed E-state index contributed by atoms with van der Waals surface area (Å²) in [7, 11) is 0. The van der Waals surface area contributed by atoms with E-state index in [-0.39, 0.29) is 16.7 Å². The molecule has 3 N–H and O–H groups in total. The van der Waals surface area contributed by atoms with Gasteiger partial charge in [0.2, 0.25) is 0 Å². The zero-order chi connectivity index (χ0) is 12.4. The highest BCUT2D eigenvalue weighted by Crippen LogP contribution is 2.34. The van der Waals surface area contributed by atoms with Crippen molar-refractivity contribution in [1.29, 1.82) is 0 Å². The molecule has 1 aliphatic rings. The number of aryl methyl sites for hydroxylation is 1. The van der Waals surface area contributed by atoms with Crippen LogP contribution in [0.1, 0.15) is 18.4 Å². The number of nitro groups is 1. The maximum absolute atomic E-state index is 10.6. The molecule has 0 aromatic heterocycles. The molecule has 0 spiro atoms. The largest absolute Gasteiger partial charge is 0.381 e. The van der Waals surface area contributed by atoms with Gasteiger partial charge in [-0.25, -0.2) is 0 Å². The first-order valence-electron chi connectivity index (χ1n) is 5.83. The van der Waals surface area contributed by atoms with E-state index in [4.69, 9.17) is 5.73 Å². The number of hydrogen-bond acceptors (Lipinski definition) is 4. The van der Waals surface area contributed by atoms with E-state index >= 15 is 0 Å². The summed E-state index contributed by atoms with van der Waals surface area (Å²) in [5, 5.41) is 14.0. The van der Waals surface area contributed by atoms with Crippen molar-refractivity contribution in [1.82, 2.24) is 0 Å². The van der Waals surface area contributed by atoms with Crippen LogP contribution in [-0.2, 0) is 0 Å². The Morgan fingerprint density at radius 2 is 2.29 bits per heavy atom. The van der Waals surface area contributed by atoms with Crippen molar-refractivity contribution in [2.45, 2.75) is 25.8 Å². The van der Waals surface area contributed by atoms with Crippen molar-refractivity contribution in [3.63, 3.8) is 0 Å². The Kier molecular flexibility index (Phi) is 3.28. The van der Waals surface area contributed by atoms with Gasteiger partial charge in [-0.2, -0.15) is 0 Å². The highest BCUT2D eigenvalue weighted by molar-refractivity contribution is 5.56. The standard InChI is InChI=1S/C12H17N3O2/c1-8-6-10(15(16)17)4-5-11(8)14-12(7-13)9-2-3-9/h4-6,9,12,14H,2-3,7,13H2,1H3. The molecule has 0 heterocycles. The lowest BCUT2D eigenvalue weighted by molar-refractivity contribution is -0.384. The third kappa shape index (κ3) is 2.74. The maximum atomic E-state index is 10.6. The molecule has 17 heavy (non-hydrogen) atoms. The lowest BCUT2D eigenvalue weighted by Gasteiger charge is -2.18. The van der Waals surface area contributed by atoms with Gasteiger partial charge in [0.05, 0.1) is 4.92 Å². The summed E-state index contributed by atoms with van der Waals surface area (Å²) >= 11 is 0. The Bertz CT molecular complexity index is 430. The minimum absolute atomic E-state index is 0.128. The molecule has 0 radical (unpaired) electrons. The van der Waals surface area contributed by atoms with Crippen LogP contribution >= 0.6 is 0 Å². The molecule has 1 atom stereocenters. The lowest BCUT2D eigenvalue weighted by Crippen LogP contribution is -2.31. The second-order valence-electron chi connectivity index (χ2n) is 4.58. The van der Waals surface area contributed by atoms with Crippen LogP contribution in [0.5, 0.6) is 0 Å². The van der Waals surface area contributed by atoms with Gasteiger partial charge >= 0.3 is 0 Å². The molecule has 0 aliphatic heterocycles. The van der Waals surface area contributed by atoms with Gasteiger partial charge in [0.15, 0.2) is 0 Å². The van der Waals surface area contributed by atoms with Crippen molar-refractivity contribution in [2.75, 3.05) is 11.9 Å². The first kappa shape index (κ1) is 11.9. The predicted octanol–water partition coefficient (Wildman–Crippen LogP) is 2.05. The van der Waals surface area contributed by atoms with E-state index in [0.29, 0.717) is 12.5 Å². The molecule has 92 valence electrons. The second-order valence-corrected chi connectivity index (χ2v) is 4.58. The lowest BCUT2D eigenvalue weighted by atomic mass is 10.1. The van der Waals surface area contributed by atoms with Crippen molar-refractivity contribution in [3.8, 4) is 0 Å². The molecule has 1 unspecified atom stereocenters. The van der Waals surface area contributed by atoms with E-state index in [2.05, 4.69) is 5.32 Å². The molecule has 5 nitrogen and oxygen atoms in total. The van der Waals surface area contributed by atoms with Crippen LogP contribution in [0.4, 0.5) is 11.4 Å².